The van der Waals surface area contributed by atoms with E-state index < -0.39 is 0 Å². The monoisotopic (exact) mass is 176 g/mol. The van der Waals surface area contributed by atoms with Gasteiger partial charge in [-0.15, -0.1) is 0 Å². The SMILES string of the molecule is C[N+]1=NN(Cc2ccccc2)CC1. The average molecular weight is 176 g/mol. The molecule has 0 aromatic heterocycles. The van der Waals surface area contributed by atoms with Crippen LogP contribution in [0.4, 0.5) is 0 Å². The summed E-state index contributed by atoms with van der Waals surface area (Å²) < 4.78 is 1.98. The Labute approximate surface area is 78.3 Å². The van der Waals surface area contributed by atoms with E-state index in [0.717, 1.165) is 19.6 Å². The molecule has 1 aromatic carbocycles. The van der Waals surface area contributed by atoms with Gasteiger partial charge in [0.25, 0.3) is 0 Å². The third-order valence-corrected chi connectivity index (χ3v) is 2.17. The van der Waals surface area contributed by atoms with Crippen molar-refractivity contribution < 1.29 is 4.70 Å². The van der Waals surface area contributed by atoms with Gasteiger partial charge in [-0.05, 0) is 5.56 Å². The van der Waals surface area contributed by atoms with E-state index in [4.69, 9.17) is 0 Å². The number of likely N-dealkylation sites (N-methyl/N-ethyl adjacent to an activating group) is 1. The number of rotatable bonds is 2. The molecule has 0 aliphatic carbocycles. The quantitative estimate of drug-likeness (QED) is 0.625. The van der Waals surface area contributed by atoms with Gasteiger partial charge in [-0.25, -0.2) is 0 Å². The van der Waals surface area contributed by atoms with Crippen LogP contribution in [0, 0.1) is 0 Å². The van der Waals surface area contributed by atoms with E-state index in [0.29, 0.717) is 0 Å². The standard InChI is InChI=1S/C10H14N3/c1-12-7-8-13(11-12)9-10-5-3-2-4-6-10/h2-6H,7-9H2,1H3/q+1. The second-order valence-corrected chi connectivity index (χ2v) is 3.34. The molecular weight excluding hydrogens is 162 g/mol. The summed E-state index contributed by atoms with van der Waals surface area (Å²) in [5.74, 6) is 0. The predicted molar refractivity (Wildman–Crippen MR) is 50.3 cm³/mol. The average Bonchev–Trinajstić information content (AvgIpc) is 2.53. The highest BCUT2D eigenvalue weighted by Crippen LogP contribution is 2.07. The fourth-order valence-electron chi connectivity index (χ4n) is 1.47. The van der Waals surface area contributed by atoms with Crippen molar-refractivity contribution in [3.63, 3.8) is 0 Å². The van der Waals surface area contributed by atoms with Gasteiger partial charge in [0.05, 0.1) is 12.3 Å². The van der Waals surface area contributed by atoms with Crippen LogP contribution in [0.5, 0.6) is 0 Å². The van der Waals surface area contributed by atoms with Crippen molar-refractivity contribution >= 4 is 0 Å². The zero-order valence-electron chi connectivity index (χ0n) is 7.85. The third-order valence-electron chi connectivity index (χ3n) is 2.17. The molecule has 0 bridgehead atoms. The summed E-state index contributed by atoms with van der Waals surface area (Å²) in [5.41, 5.74) is 1.32. The summed E-state index contributed by atoms with van der Waals surface area (Å²) in [5, 5.41) is 6.44. The summed E-state index contributed by atoms with van der Waals surface area (Å²) in [6, 6.07) is 10.4. The predicted octanol–water partition coefficient (Wildman–Crippen LogP) is 1.51. The molecular formula is C10H14N3+. The van der Waals surface area contributed by atoms with E-state index in [-0.39, 0.29) is 0 Å². The minimum atomic E-state index is 0.922. The maximum Gasteiger partial charge on any atom is 0.147 e. The van der Waals surface area contributed by atoms with Crippen LogP contribution in [-0.4, -0.2) is 29.8 Å². The van der Waals surface area contributed by atoms with Gasteiger partial charge >= 0.3 is 0 Å². The highest BCUT2D eigenvalue weighted by molar-refractivity contribution is 5.14. The zero-order chi connectivity index (χ0) is 9.10. The van der Waals surface area contributed by atoms with Gasteiger partial charge in [-0.1, -0.05) is 30.3 Å². The molecule has 0 saturated carbocycles. The van der Waals surface area contributed by atoms with Crippen LogP contribution in [0.15, 0.2) is 35.6 Å². The number of benzene rings is 1. The highest BCUT2D eigenvalue weighted by atomic mass is 15.6. The van der Waals surface area contributed by atoms with Crippen molar-refractivity contribution in [1.29, 1.82) is 0 Å². The maximum absolute atomic E-state index is 4.35. The van der Waals surface area contributed by atoms with Crippen LogP contribution in [-0.2, 0) is 6.54 Å². The van der Waals surface area contributed by atoms with Crippen LogP contribution < -0.4 is 0 Å². The molecule has 0 unspecified atom stereocenters. The highest BCUT2D eigenvalue weighted by Gasteiger charge is 2.18. The lowest BCUT2D eigenvalue weighted by atomic mass is 10.2. The van der Waals surface area contributed by atoms with Gasteiger partial charge in [0, 0.05) is 0 Å². The zero-order valence-corrected chi connectivity index (χ0v) is 7.85. The van der Waals surface area contributed by atoms with Crippen LogP contribution in [0.1, 0.15) is 5.56 Å². The molecule has 1 aliphatic heterocycles. The van der Waals surface area contributed by atoms with Crippen LogP contribution >= 0.6 is 0 Å². The van der Waals surface area contributed by atoms with Gasteiger partial charge in [0.15, 0.2) is 0 Å². The molecule has 0 atom stereocenters. The molecule has 2 rings (SSSR count). The molecule has 0 N–H and O–H groups in total. The van der Waals surface area contributed by atoms with E-state index in [9.17, 15) is 0 Å². The van der Waals surface area contributed by atoms with Crippen molar-refractivity contribution in [3.05, 3.63) is 35.9 Å². The molecule has 68 valence electrons. The first-order valence-corrected chi connectivity index (χ1v) is 4.56. The summed E-state index contributed by atoms with van der Waals surface area (Å²) in [4.78, 5) is 0. The molecule has 3 nitrogen and oxygen atoms in total. The van der Waals surface area contributed by atoms with Crippen molar-refractivity contribution in [3.8, 4) is 0 Å². The van der Waals surface area contributed by atoms with E-state index in [1.54, 1.807) is 0 Å². The molecule has 1 aromatic rings. The van der Waals surface area contributed by atoms with E-state index >= 15 is 0 Å². The number of hydrogen-bond acceptors (Lipinski definition) is 2. The van der Waals surface area contributed by atoms with Gasteiger partial charge < -0.3 is 0 Å². The summed E-state index contributed by atoms with van der Waals surface area (Å²) in [6.45, 7) is 2.99. The lowest BCUT2D eigenvalue weighted by molar-refractivity contribution is -0.555. The molecule has 0 saturated heterocycles. The van der Waals surface area contributed by atoms with Crippen LogP contribution in [0.3, 0.4) is 0 Å². The van der Waals surface area contributed by atoms with E-state index in [1.165, 1.54) is 5.56 Å². The first-order valence-electron chi connectivity index (χ1n) is 4.56. The molecule has 1 heterocycles. The second-order valence-electron chi connectivity index (χ2n) is 3.34. The molecule has 0 radical (unpaired) electrons. The Kier molecular flexibility index (Phi) is 2.25. The van der Waals surface area contributed by atoms with E-state index in [1.807, 2.05) is 17.8 Å². The fourth-order valence-corrected chi connectivity index (χ4v) is 1.47. The van der Waals surface area contributed by atoms with Crippen molar-refractivity contribution in [1.82, 2.24) is 5.01 Å². The van der Waals surface area contributed by atoms with Crippen LogP contribution in [0.2, 0.25) is 0 Å². The first kappa shape index (κ1) is 8.23. The Hall–Kier alpha value is -1.38. The topological polar surface area (TPSA) is 18.6 Å². The first-order chi connectivity index (χ1) is 6.34. The Morgan fingerprint density at radius 2 is 2.15 bits per heavy atom. The van der Waals surface area contributed by atoms with Crippen LogP contribution in [0.25, 0.3) is 0 Å². The Balaban J connectivity index is 2.00. The maximum atomic E-state index is 4.35. The Bertz CT molecular complexity index is 305. The summed E-state index contributed by atoms with van der Waals surface area (Å²) >= 11 is 0. The fraction of sp³-hybridized carbons (Fsp3) is 0.400. The summed E-state index contributed by atoms with van der Waals surface area (Å²) in [6.07, 6.45) is 0. The third kappa shape index (κ3) is 2.05. The lowest BCUT2D eigenvalue weighted by Crippen LogP contribution is -2.14. The molecule has 13 heavy (non-hydrogen) atoms. The normalized spacial score (nSPS) is 16.1. The van der Waals surface area contributed by atoms with Crippen molar-refractivity contribution in [2.75, 3.05) is 20.1 Å². The molecule has 0 fully saturated rings. The number of hydrogen-bond donors (Lipinski definition) is 0. The van der Waals surface area contributed by atoms with Gasteiger partial charge in [0.2, 0.25) is 0 Å². The molecule has 3 heteroatoms. The van der Waals surface area contributed by atoms with Gasteiger partial charge in [0.1, 0.15) is 19.6 Å². The van der Waals surface area contributed by atoms with Gasteiger partial charge in [-0.2, -0.15) is 9.71 Å². The largest absolute Gasteiger partial charge is 0.168 e. The van der Waals surface area contributed by atoms with E-state index in [2.05, 4.69) is 34.5 Å². The summed E-state index contributed by atoms with van der Waals surface area (Å²) in [7, 11) is 2.00. The van der Waals surface area contributed by atoms with Crippen molar-refractivity contribution in [2.45, 2.75) is 6.54 Å². The van der Waals surface area contributed by atoms with Crippen molar-refractivity contribution in [2.24, 2.45) is 5.22 Å². The minimum absolute atomic E-state index is 0.922. The van der Waals surface area contributed by atoms with Gasteiger partial charge in [-0.3, -0.25) is 0 Å². The number of nitrogens with zero attached hydrogens (tertiary/aromatic N) is 3. The minimum Gasteiger partial charge on any atom is -0.168 e. The molecule has 0 amide bonds. The second kappa shape index (κ2) is 3.56. The lowest BCUT2D eigenvalue weighted by Gasteiger charge is -2.02. The molecule has 1 aliphatic rings. The Morgan fingerprint density at radius 1 is 1.38 bits per heavy atom. The Morgan fingerprint density at radius 3 is 2.77 bits per heavy atom. The smallest absolute Gasteiger partial charge is 0.147 e. The molecule has 0 spiro atoms.